The zero-order valence-corrected chi connectivity index (χ0v) is 12.9. The minimum atomic E-state index is -1.20. The summed E-state index contributed by atoms with van der Waals surface area (Å²) in [6.07, 6.45) is 1.12. The third kappa shape index (κ3) is 2.85. The smallest absolute Gasteiger partial charge is 0.336 e. The lowest BCUT2D eigenvalue weighted by Crippen LogP contribution is -2.41. The lowest BCUT2D eigenvalue weighted by molar-refractivity contribution is 0.241. The minimum absolute atomic E-state index is 0.259. The van der Waals surface area contributed by atoms with Crippen molar-refractivity contribution in [2.24, 2.45) is 0 Å². The number of nitrogens with one attached hydrogen (secondary N) is 3. The highest BCUT2D eigenvalue weighted by Gasteiger charge is 2.12. The van der Waals surface area contributed by atoms with Crippen LogP contribution in [0.25, 0.3) is 10.9 Å². The van der Waals surface area contributed by atoms with Crippen LogP contribution >= 0.6 is 0 Å². The molecule has 0 saturated heterocycles. The molecule has 0 saturated carbocycles. The normalized spacial score (nSPS) is 10.9. The first-order valence-corrected chi connectivity index (χ1v) is 7.33. The molecule has 0 bridgehead atoms. The third-order valence-corrected chi connectivity index (χ3v) is 3.80. The summed E-state index contributed by atoms with van der Waals surface area (Å²) in [5.41, 5.74) is 0.930. The maximum atomic E-state index is 13.2. The first-order chi connectivity index (χ1) is 11.5. The van der Waals surface area contributed by atoms with Crippen molar-refractivity contribution < 1.29 is 9.18 Å². The van der Waals surface area contributed by atoms with Gasteiger partial charge >= 0.3 is 11.7 Å². The summed E-state index contributed by atoms with van der Waals surface area (Å²) in [5.74, 6) is -1.20. The number of benzene rings is 1. The predicted octanol–water partition coefficient (Wildman–Crippen LogP) is 1.27. The second-order valence-electron chi connectivity index (χ2n) is 5.36. The molecule has 0 aliphatic rings. The maximum Gasteiger partial charge on any atom is 0.336 e. The number of amides is 1. The Labute approximate surface area is 135 Å². The molecule has 1 aromatic carbocycles. The van der Waals surface area contributed by atoms with Gasteiger partial charge in [0.2, 0.25) is 5.82 Å². The van der Waals surface area contributed by atoms with Gasteiger partial charge in [0.15, 0.2) is 0 Å². The van der Waals surface area contributed by atoms with Crippen molar-refractivity contribution >= 4 is 16.9 Å². The molecule has 8 heteroatoms. The summed E-state index contributed by atoms with van der Waals surface area (Å²) in [6.45, 7) is 2.20. The number of hydrogen-bond donors (Lipinski definition) is 3. The Bertz CT molecular complexity index is 1030. The van der Waals surface area contributed by atoms with Gasteiger partial charge in [-0.3, -0.25) is 9.78 Å². The minimum Gasteiger partial charge on any atom is -0.358 e. The van der Waals surface area contributed by atoms with E-state index in [2.05, 4.69) is 10.3 Å². The molecule has 1 amide bonds. The molecule has 24 heavy (non-hydrogen) atoms. The van der Waals surface area contributed by atoms with Crippen LogP contribution in [0.1, 0.15) is 11.3 Å². The molecule has 2 aromatic heterocycles. The Morgan fingerprint density at radius 2 is 2.00 bits per heavy atom. The van der Waals surface area contributed by atoms with Gasteiger partial charge in [-0.25, -0.2) is 14.2 Å². The number of rotatable bonds is 3. The molecule has 0 aliphatic heterocycles. The average Bonchev–Trinajstić information content (AvgIpc) is 2.86. The molecular formula is C16H15FN4O3. The molecule has 3 rings (SSSR count). The Morgan fingerprint density at radius 1 is 1.25 bits per heavy atom. The lowest BCUT2D eigenvalue weighted by atomic mass is 10.1. The fraction of sp³-hybridized carbons (Fsp3) is 0.188. The van der Waals surface area contributed by atoms with Crippen LogP contribution in [0.2, 0.25) is 0 Å². The van der Waals surface area contributed by atoms with Gasteiger partial charge in [-0.1, -0.05) is 18.2 Å². The van der Waals surface area contributed by atoms with Crippen molar-refractivity contribution in [1.82, 2.24) is 19.9 Å². The molecule has 0 spiro atoms. The van der Waals surface area contributed by atoms with Crippen LogP contribution in [0, 0.1) is 12.7 Å². The highest BCUT2D eigenvalue weighted by molar-refractivity contribution is 5.84. The number of carbonyl (C=O) groups is 1. The Morgan fingerprint density at radius 3 is 2.79 bits per heavy atom. The Hall–Kier alpha value is -3.16. The van der Waals surface area contributed by atoms with Gasteiger partial charge in [0.1, 0.15) is 0 Å². The standard InChI is InChI=1S/C16H15FN4O3/c1-9-10(11-4-2-3-5-13(11)19-9)6-7-18-15(23)21-8-12(17)14(22)20-16(21)24/h2-5,8,19H,6-7H2,1H3,(H,18,23)(H,20,22,24). The topological polar surface area (TPSA) is 99.8 Å². The van der Waals surface area contributed by atoms with Crippen molar-refractivity contribution in [2.45, 2.75) is 13.3 Å². The molecule has 124 valence electrons. The molecule has 0 aliphatic carbocycles. The number of halogens is 1. The number of nitrogens with zero attached hydrogens (tertiary/aromatic N) is 1. The van der Waals surface area contributed by atoms with E-state index in [1.54, 1.807) is 4.98 Å². The highest BCUT2D eigenvalue weighted by atomic mass is 19.1. The lowest BCUT2D eigenvalue weighted by Gasteiger charge is -2.07. The summed E-state index contributed by atoms with van der Waals surface area (Å²) in [6, 6.07) is 7.01. The summed E-state index contributed by atoms with van der Waals surface area (Å²) < 4.78 is 13.7. The molecule has 7 nitrogen and oxygen atoms in total. The van der Waals surface area contributed by atoms with Crippen molar-refractivity contribution in [2.75, 3.05) is 6.54 Å². The van der Waals surface area contributed by atoms with E-state index in [4.69, 9.17) is 0 Å². The van der Waals surface area contributed by atoms with E-state index < -0.39 is 23.1 Å². The molecular weight excluding hydrogens is 315 g/mol. The number of aromatic amines is 2. The fourth-order valence-corrected chi connectivity index (χ4v) is 2.64. The van der Waals surface area contributed by atoms with Gasteiger partial charge in [0.05, 0.1) is 6.20 Å². The van der Waals surface area contributed by atoms with E-state index in [0.717, 1.165) is 22.2 Å². The fourth-order valence-electron chi connectivity index (χ4n) is 2.64. The molecule has 0 unspecified atom stereocenters. The van der Waals surface area contributed by atoms with Crippen LogP contribution in [0.5, 0.6) is 0 Å². The molecule has 2 heterocycles. The number of hydrogen-bond acceptors (Lipinski definition) is 3. The average molecular weight is 330 g/mol. The van der Waals surface area contributed by atoms with Crippen LogP contribution in [0.3, 0.4) is 0 Å². The summed E-state index contributed by atoms with van der Waals surface area (Å²) in [7, 11) is 0. The van der Waals surface area contributed by atoms with Crippen molar-refractivity contribution in [3.8, 4) is 0 Å². The van der Waals surface area contributed by atoms with E-state index in [1.807, 2.05) is 31.2 Å². The van der Waals surface area contributed by atoms with E-state index in [1.165, 1.54) is 0 Å². The first-order valence-electron chi connectivity index (χ1n) is 7.33. The quantitative estimate of drug-likeness (QED) is 0.674. The summed E-state index contributed by atoms with van der Waals surface area (Å²) in [5, 5.41) is 3.60. The molecule has 3 aromatic rings. The maximum absolute atomic E-state index is 13.2. The van der Waals surface area contributed by atoms with Crippen molar-refractivity contribution in [3.05, 3.63) is 68.4 Å². The van der Waals surface area contributed by atoms with Crippen LogP contribution in [0.4, 0.5) is 9.18 Å². The van der Waals surface area contributed by atoms with Gasteiger partial charge in [0, 0.05) is 23.1 Å². The van der Waals surface area contributed by atoms with E-state index in [0.29, 0.717) is 17.2 Å². The first kappa shape index (κ1) is 15.7. The SMILES string of the molecule is Cc1[nH]c2ccccc2c1CCNC(=O)n1cc(F)c(=O)[nH]c1=O. The van der Waals surface area contributed by atoms with Gasteiger partial charge in [-0.2, -0.15) is 4.39 Å². The second kappa shape index (κ2) is 6.15. The number of H-pyrrole nitrogens is 2. The molecule has 0 atom stereocenters. The van der Waals surface area contributed by atoms with E-state index >= 15 is 0 Å². The largest absolute Gasteiger partial charge is 0.358 e. The van der Waals surface area contributed by atoms with Gasteiger partial charge in [-0.15, -0.1) is 0 Å². The number of aryl methyl sites for hydroxylation is 1. The summed E-state index contributed by atoms with van der Waals surface area (Å²) in [4.78, 5) is 39.5. The van der Waals surface area contributed by atoms with Crippen LogP contribution in [-0.2, 0) is 6.42 Å². The molecule has 3 N–H and O–H groups in total. The number of aromatic nitrogens is 3. The van der Waals surface area contributed by atoms with Gasteiger partial charge in [-0.05, 0) is 25.0 Å². The van der Waals surface area contributed by atoms with Crippen LogP contribution in [0.15, 0.2) is 40.1 Å². The zero-order chi connectivity index (χ0) is 17.3. The zero-order valence-electron chi connectivity index (χ0n) is 12.9. The second-order valence-corrected chi connectivity index (χ2v) is 5.36. The van der Waals surface area contributed by atoms with E-state index in [9.17, 15) is 18.8 Å². The predicted molar refractivity (Wildman–Crippen MR) is 86.8 cm³/mol. The number of fused-ring (bicyclic) bond motifs is 1. The third-order valence-electron chi connectivity index (χ3n) is 3.80. The monoisotopic (exact) mass is 330 g/mol. The number of para-hydroxylation sites is 1. The molecule has 0 radical (unpaired) electrons. The van der Waals surface area contributed by atoms with Gasteiger partial charge < -0.3 is 10.3 Å². The Balaban J connectivity index is 1.73. The highest BCUT2D eigenvalue weighted by Crippen LogP contribution is 2.21. The molecule has 0 fully saturated rings. The van der Waals surface area contributed by atoms with Crippen molar-refractivity contribution in [3.63, 3.8) is 0 Å². The van der Waals surface area contributed by atoms with E-state index in [-0.39, 0.29) is 6.54 Å². The van der Waals surface area contributed by atoms with Crippen LogP contribution in [-0.4, -0.2) is 27.1 Å². The summed E-state index contributed by atoms with van der Waals surface area (Å²) >= 11 is 0. The Kier molecular flexibility index (Phi) is 4.03. The number of carbonyl (C=O) groups excluding carboxylic acids is 1. The van der Waals surface area contributed by atoms with Crippen molar-refractivity contribution in [1.29, 1.82) is 0 Å². The van der Waals surface area contributed by atoms with Gasteiger partial charge in [0.25, 0.3) is 5.56 Å². The van der Waals surface area contributed by atoms with Crippen LogP contribution < -0.4 is 16.6 Å².